The number of rotatable bonds is 4. The highest BCUT2D eigenvalue weighted by atomic mass is 32.1. The minimum atomic E-state index is 0.263. The lowest BCUT2D eigenvalue weighted by atomic mass is 9.88. The molecule has 0 radical (unpaired) electrons. The fourth-order valence-corrected chi connectivity index (χ4v) is 4.47. The molecule has 2 aliphatic rings. The molecule has 1 aliphatic heterocycles. The van der Waals surface area contributed by atoms with Crippen molar-refractivity contribution in [3.05, 3.63) is 16.1 Å². The van der Waals surface area contributed by atoms with Crippen LogP contribution in [0.25, 0.3) is 0 Å². The van der Waals surface area contributed by atoms with E-state index >= 15 is 0 Å². The van der Waals surface area contributed by atoms with E-state index in [0.717, 1.165) is 49.9 Å². The highest BCUT2D eigenvalue weighted by Gasteiger charge is 2.31. The van der Waals surface area contributed by atoms with Crippen molar-refractivity contribution < 1.29 is 4.79 Å². The minimum absolute atomic E-state index is 0.263. The van der Waals surface area contributed by atoms with Gasteiger partial charge < -0.3 is 15.5 Å². The van der Waals surface area contributed by atoms with Crippen molar-refractivity contribution in [1.29, 1.82) is 0 Å². The molecule has 3 rings (SSSR count). The Kier molecular flexibility index (Phi) is 6.29. The van der Waals surface area contributed by atoms with Crippen LogP contribution in [0, 0.1) is 12.8 Å². The van der Waals surface area contributed by atoms with Crippen LogP contribution in [0.15, 0.2) is 11.2 Å². The fourth-order valence-electron chi connectivity index (χ4n) is 3.73. The molecule has 0 spiro atoms. The summed E-state index contributed by atoms with van der Waals surface area (Å²) in [6, 6.07) is 0.280. The van der Waals surface area contributed by atoms with Gasteiger partial charge in [-0.25, -0.2) is 4.98 Å². The molecule has 7 heteroatoms. The van der Waals surface area contributed by atoms with Crippen LogP contribution >= 0.6 is 11.3 Å². The SMILES string of the molecule is CN=C(NCc1cnc(C)s1)NC1CCN(C(=O)C2CCCCC2)C1. The number of nitrogens with zero attached hydrogens (tertiary/aromatic N) is 3. The number of hydrogen-bond acceptors (Lipinski definition) is 4. The van der Waals surface area contributed by atoms with Gasteiger partial charge in [-0.15, -0.1) is 11.3 Å². The number of guanidine groups is 1. The lowest BCUT2D eigenvalue weighted by Gasteiger charge is -2.26. The van der Waals surface area contributed by atoms with Crippen molar-refractivity contribution in [2.24, 2.45) is 10.9 Å². The van der Waals surface area contributed by atoms with E-state index in [1.54, 1.807) is 18.4 Å². The smallest absolute Gasteiger partial charge is 0.225 e. The summed E-state index contributed by atoms with van der Waals surface area (Å²) in [5, 5.41) is 7.88. The van der Waals surface area contributed by atoms with E-state index in [4.69, 9.17) is 0 Å². The lowest BCUT2D eigenvalue weighted by molar-refractivity contribution is -0.135. The van der Waals surface area contributed by atoms with Gasteiger partial charge in [0.05, 0.1) is 11.6 Å². The van der Waals surface area contributed by atoms with Crippen LogP contribution in [-0.4, -0.2) is 47.9 Å². The van der Waals surface area contributed by atoms with Gasteiger partial charge in [-0.2, -0.15) is 0 Å². The van der Waals surface area contributed by atoms with Gasteiger partial charge in [-0.1, -0.05) is 19.3 Å². The molecule has 6 nitrogen and oxygen atoms in total. The quantitative estimate of drug-likeness (QED) is 0.636. The summed E-state index contributed by atoms with van der Waals surface area (Å²) in [7, 11) is 1.78. The molecule has 1 aromatic rings. The van der Waals surface area contributed by atoms with E-state index in [1.165, 1.54) is 24.1 Å². The van der Waals surface area contributed by atoms with Crippen molar-refractivity contribution in [3.63, 3.8) is 0 Å². The number of nitrogens with one attached hydrogen (secondary N) is 2. The average Bonchev–Trinajstić information content (AvgIpc) is 3.27. The molecule has 2 heterocycles. The molecule has 2 fully saturated rings. The van der Waals surface area contributed by atoms with Gasteiger partial charge in [0.2, 0.25) is 5.91 Å². The van der Waals surface area contributed by atoms with Crippen LogP contribution in [0.2, 0.25) is 0 Å². The van der Waals surface area contributed by atoms with Gasteiger partial charge in [-0.3, -0.25) is 9.79 Å². The van der Waals surface area contributed by atoms with Crippen LogP contribution in [0.3, 0.4) is 0 Å². The standard InChI is InChI=1S/C18H29N5OS/c1-13-20-10-16(25-13)11-21-18(19-2)22-15-8-9-23(12-15)17(24)14-6-4-3-5-7-14/h10,14-15H,3-9,11-12H2,1-2H3,(H2,19,21,22). The van der Waals surface area contributed by atoms with Crippen LogP contribution in [-0.2, 0) is 11.3 Å². The Balaban J connectivity index is 1.45. The van der Waals surface area contributed by atoms with Crippen molar-refractivity contribution in [1.82, 2.24) is 20.5 Å². The van der Waals surface area contributed by atoms with Gasteiger partial charge in [0.1, 0.15) is 0 Å². The predicted molar refractivity (Wildman–Crippen MR) is 102 cm³/mol. The molecule has 1 saturated carbocycles. The normalized spacial score (nSPS) is 22.2. The number of thiazole rings is 1. The molecule has 1 aromatic heterocycles. The zero-order valence-electron chi connectivity index (χ0n) is 15.3. The molecule has 2 N–H and O–H groups in total. The molecule has 1 saturated heterocycles. The van der Waals surface area contributed by atoms with Gasteiger partial charge in [0.25, 0.3) is 0 Å². The van der Waals surface area contributed by atoms with E-state index in [0.29, 0.717) is 5.91 Å². The molecule has 1 aliphatic carbocycles. The number of amides is 1. The second-order valence-electron chi connectivity index (χ2n) is 7.02. The minimum Gasteiger partial charge on any atom is -0.352 e. The third-order valence-electron chi connectivity index (χ3n) is 5.12. The van der Waals surface area contributed by atoms with E-state index in [1.807, 2.05) is 18.0 Å². The topological polar surface area (TPSA) is 69.6 Å². The summed E-state index contributed by atoms with van der Waals surface area (Å²) in [5.74, 6) is 1.43. The second kappa shape index (κ2) is 8.65. The summed E-state index contributed by atoms with van der Waals surface area (Å²) < 4.78 is 0. The molecule has 0 bridgehead atoms. The maximum absolute atomic E-state index is 12.7. The fraction of sp³-hybridized carbons (Fsp3) is 0.722. The molecule has 138 valence electrons. The van der Waals surface area contributed by atoms with Crippen LogP contribution in [0.5, 0.6) is 0 Å². The Labute approximate surface area is 154 Å². The number of aromatic nitrogens is 1. The molecule has 1 atom stereocenters. The van der Waals surface area contributed by atoms with E-state index in [-0.39, 0.29) is 12.0 Å². The highest BCUT2D eigenvalue weighted by molar-refractivity contribution is 7.11. The average molecular weight is 364 g/mol. The van der Waals surface area contributed by atoms with Gasteiger partial charge in [-0.05, 0) is 26.2 Å². The first-order chi connectivity index (χ1) is 12.2. The molecule has 0 aromatic carbocycles. The van der Waals surface area contributed by atoms with Crippen molar-refractivity contribution in [2.75, 3.05) is 20.1 Å². The lowest BCUT2D eigenvalue weighted by Crippen LogP contribution is -2.45. The van der Waals surface area contributed by atoms with Gasteiger partial charge in [0.15, 0.2) is 5.96 Å². The molecule has 1 amide bonds. The third kappa shape index (κ3) is 4.93. The zero-order valence-corrected chi connectivity index (χ0v) is 16.1. The number of likely N-dealkylation sites (tertiary alicyclic amines) is 1. The van der Waals surface area contributed by atoms with Crippen LogP contribution in [0.1, 0.15) is 48.4 Å². The molecular formula is C18H29N5OS. The maximum Gasteiger partial charge on any atom is 0.225 e. The molecular weight excluding hydrogens is 334 g/mol. The Morgan fingerprint density at radius 2 is 2.16 bits per heavy atom. The predicted octanol–water partition coefficient (Wildman–Crippen LogP) is 2.30. The number of aliphatic imine (C=N–C) groups is 1. The second-order valence-corrected chi connectivity index (χ2v) is 8.34. The first-order valence-corrected chi connectivity index (χ1v) is 10.1. The number of carbonyl (C=O) groups is 1. The van der Waals surface area contributed by atoms with Gasteiger partial charge in [0, 0.05) is 43.2 Å². The first kappa shape index (κ1) is 18.2. The van der Waals surface area contributed by atoms with Crippen LogP contribution < -0.4 is 10.6 Å². The molecule has 1 unspecified atom stereocenters. The monoisotopic (exact) mass is 363 g/mol. The van der Waals surface area contributed by atoms with E-state index in [2.05, 4.69) is 20.6 Å². The van der Waals surface area contributed by atoms with E-state index in [9.17, 15) is 4.79 Å². The first-order valence-electron chi connectivity index (χ1n) is 9.33. The van der Waals surface area contributed by atoms with Crippen LogP contribution in [0.4, 0.5) is 0 Å². The number of hydrogen-bond donors (Lipinski definition) is 2. The van der Waals surface area contributed by atoms with Gasteiger partial charge >= 0.3 is 0 Å². The molecule has 25 heavy (non-hydrogen) atoms. The van der Waals surface area contributed by atoms with E-state index < -0.39 is 0 Å². The number of aryl methyl sites for hydroxylation is 1. The zero-order chi connectivity index (χ0) is 17.6. The number of carbonyl (C=O) groups excluding carboxylic acids is 1. The van der Waals surface area contributed by atoms with Crippen molar-refractivity contribution >= 4 is 23.2 Å². The maximum atomic E-state index is 12.7. The summed E-state index contributed by atoms with van der Waals surface area (Å²) in [6.07, 6.45) is 8.74. The Morgan fingerprint density at radius 3 is 2.84 bits per heavy atom. The Hall–Kier alpha value is -1.63. The van der Waals surface area contributed by atoms with Crippen molar-refractivity contribution in [3.8, 4) is 0 Å². The summed E-state index contributed by atoms with van der Waals surface area (Å²) in [6.45, 7) is 4.38. The Morgan fingerprint density at radius 1 is 1.36 bits per heavy atom. The Bertz CT molecular complexity index is 608. The highest BCUT2D eigenvalue weighted by Crippen LogP contribution is 2.26. The summed E-state index contributed by atoms with van der Waals surface area (Å²) in [5.41, 5.74) is 0. The summed E-state index contributed by atoms with van der Waals surface area (Å²) in [4.78, 5) is 24.5. The largest absolute Gasteiger partial charge is 0.352 e. The third-order valence-corrected chi connectivity index (χ3v) is 6.03. The van der Waals surface area contributed by atoms with Crippen molar-refractivity contribution in [2.45, 2.75) is 58.0 Å². The summed E-state index contributed by atoms with van der Waals surface area (Å²) >= 11 is 1.69.